The van der Waals surface area contributed by atoms with Crippen LogP contribution < -0.4 is 0 Å². The summed E-state index contributed by atoms with van der Waals surface area (Å²) < 4.78 is 56.7. The van der Waals surface area contributed by atoms with Gasteiger partial charge in [-0.15, -0.1) is 5.10 Å². The Kier molecular flexibility index (Phi) is 8.64. The number of aryl methyl sites for hydroxylation is 3. The van der Waals surface area contributed by atoms with E-state index in [4.69, 9.17) is 4.74 Å². The van der Waals surface area contributed by atoms with Crippen molar-refractivity contribution in [2.75, 3.05) is 12.9 Å². The number of carbonyl (C=O) groups excluding carboxylic acids is 1. The molecule has 5 nitrogen and oxygen atoms in total. The lowest BCUT2D eigenvalue weighted by Crippen LogP contribution is -2.29. The number of allylic oxidation sites excluding steroid dienone is 2. The molecule has 1 aliphatic carbocycles. The number of hydrogen-bond acceptors (Lipinski definition) is 5. The van der Waals surface area contributed by atoms with Gasteiger partial charge in [0.2, 0.25) is 0 Å². The van der Waals surface area contributed by atoms with Gasteiger partial charge in [0, 0.05) is 36.0 Å². The standard InChI is InChI=1S/C26H31F3N2O3S/c1-6-17-10-15(3)11-18(7-2)24(17)25-20(32)12-19(13-21(25)34-5)16(4)14-35(33)23-9-8-22(30-31-23)26(27,28)29/h8-11,16,19H,6-7,12-14H2,1-5H3. The van der Waals surface area contributed by atoms with Gasteiger partial charge in [0.05, 0.1) is 12.7 Å². The van der Waals surface area contributed by atoms with Crippen LogP contribution in [0.5, 0.6) is 0 Å². The molecule has 0 bridgehead atoms. The molecule has 190 valence electrons. The van der Waals surface area contributed by atoms with E-state index in [-0.39, 0.29) is 28.4 Å². The molecule has 1 heterocycles. The quantitative estimate of drug-likeness (QED) is 0.427. The molecule has 0 fully saturated rings. The Morgan fingerprint density at radius 1 is 1.14 bits per heavy atom. The zero-order valence-corrected chi connectivity index (χ0v) is 21.5. The van der Waals surface area contributed by atoms with Crippen molar-refractivity contribution in [3.8, 4) is 0 Å². The summed E-state index contributed by atoms with van der Waals surface area (Å²) in [5.74, 6) is 0.540. The van der Waals surface area contributed by atoms with E-state index in [0.717, 1.165) is 47.2 Å². The zero-order chi connectivity index (χ0) is 25.9. The molecule has 0 amide bonds. The molecule has 3 unspecified atom stereocenters. The second kappa shape index (κ2) is 11.1. The number of nitrogens with zero attached hydrogens (tertiary/aromatic N) is 2. The van der Waals surface area contributed by atoms with Crippen molar-refractivity contribution < 1.29 is 27.3 Å². The fourth-order valence-electron chi connectivity index (χ4n) is 4.65. The number of Topliss-reactive ketones (excluding diaryl/α,β-unsaturated/α-hetero) is 1. The number of methoxy groups -OCH3 is 1. The normalized spacial score (nSPS) is 18.5. The molecular weight excluding hydrogens is 477 g/mol. The minimum absolute atomic E-state index is 0.00157. The molecule has 0 radical (unpaired) electrons. The maximum absolute atomic E-state index is 13.4. The van der Waals surface area contributed by atoms with Crippen LogP contribution in [0.25, 0.3) is 5.57 Å². The van der Waals surface area contributed by atoms with Gasteiger partial charge in [-0.3, -0.25) is 4.79 Å². The lowest BCUT2D eigenvalue weighted by molar-refractivity contribution is -0.141. The Bertz CT molecular complexity index is 1080. The van der Waals surface area contributed by atoms with Crippen molar-refractivity contribution in [2.45, 2.75) is 64.6 Å². The van der Waals surface area contributed by atoms with E-state index < -0.39 is 23.0 Å². The predicted molar refractivity (Wildman–Crippen MR) is 129 cm³/mol. The Morgan fingerprint density at radius 3 is 2.26 bits per heavy atom. The number of benzene rings is 1. The van der Waals surface area contributed by atoms with E-state index in [0.29, 0.717) is 24.2 Å². The topological polar surface area (TPSA) is 75.1 Å². The van der Waals surface area contributed by atoms with Crippen molar-refractivity contribution >= 4 is 22.5 Å². The predicted octanol–water partition coefficient (Wildman–Crippen LogP) is 5.71. The van der Waals surface area contributed by atoms with E-state index in [1.54, 1.807) is 7.11 Å². The number of halogens is 3. The number of aromatic nitrogens is 2. The van der Waals surface area contributed by atoms with Crippen LogP contribution in [-0.2, 0) is 39.7 Å². The molecule has 3 atom stereocenters. The molecule has 2 aromatic rings. The highest BCUT2D eigenvalue weighted by atomic mass is 32.2. The van der Waals surface area contributed by atoms with Gasteiger partial charge in [0.1, 0.15) is 11.5 Å². The van der Waals surface area contributed by atoms with Gasteiger partial charge in [-0.25, -0.2) is 0 Å². The number of alkyl halides is 3. The zero-order valence-electron chi connectivity index (χ0n) is 20.7. The maximum atomic E-state index is 13.4. The van der Waals surface area contributed by atoms with Crippen LogP contribution in [0, 0.1) is 18.8 Å². The Labute approximate surface area is 207 Å². The van der Waals surface area contributed by atoms with E-state index >= 15 is 0 Å². The SMILES string of the molecule is CCc1cc(C)cc(CC)c1C1=C(OC)CC(C(C)C[S+]([O-])c2ccc(C(F)(F)F)nn2)CC1=O. The van der Waals surface area contributed by atoms with Gasteiger partial charge in [-0.2, -0.15) is 13.2 Å². The Hall–Kier alpha value is -2.39. The highest BCUT2D eigenvalue weighted by Gasteiger charge is 2.37. The van der Waals surface area contributed by atoms with Crippen molar-refractivity contribution in [3.63, 3.8) is 0 Å². The number of ether oxygens (including phenoxy) is 1. The highest BCUT2D eigenvalue weighted by molar-refractivity contribution is 7.91. The minimum Gasteiger partial charge on any atom is -0.610 e. The van der Waals surface area contributed by atoms with Crippen molar-refractivity contribution in [1.29, 1.82) is 0 Å². The number of ketones is 1. The third-order valence-corrected chi connectivity index (χ3v) is 8.05. The van der Waals surface area contributed by atoms with Gasteiger partial charge < -0.3 is 9.29 Å². The summed E-state index contributed by atoms with van der Waals surface area (Å²) in [6.07, 6.45) is -2.19. The van der Waals surface area contributed by atoms with Gasteiger partial charge in [-0.1, -0.05) is 43.6 Å². The lowest BCUT2D eigenvalue weighted by atomic mass is 9.76. The third kappa shape index (κ3) is 6.06. The molecule has 35 heavy (non-hydrogen) atoms. The first kappa shape index (κ1) is 27.2. The van der Waals surface area contributed by atoms with Crippen molar-refractivity contribution in [2.24, 2.45) is 11.8 Å². The van der Waals surface area contributed by atoms with E-state index in [1.807, 2.05) is 6.92 Å². The lowest BCUT2D eigenvalue weighted by Gasteiger charge is -2.31. The summed E-state index contributed by atoms with van der Waals surface area (Å²) in [4.78, 5) is 13.4. The highest BCUT2D eigenvalue weighted by Crippen LogP contribution is 2.40. The largest absolute Gasteiger partial charge is 0.610 e. The van der Waals surface area contributed by atoms with Crippen LogP contribution in [0.15, 0.2) is 35.1 Å². The molecule has 3 rings (SSSR count). The molecule has 1 aromatic carbocycles. The van der Waals surface area contributed by atoms with Crippen LogP contribution in [0.4, 0.5) is 13.2 Å². The molecule has 0 saturated heterocycles. The van der Waals surface area contributed by atoms with Crippen LogP contribution >= 0.6 is 0 Å². The molecule has 9 heteroatoms. The first-order chi connectivity index (χ1) is 16.5. The van der Waals surface area contributed by atoms with Crippen molar-refractivity contribution in [1.82, 2.24) is 10.2 Å². The Balaban J connectivity index is 1.83. The Morgan fingerprint density at radius 2 is 1.77 bits per heavy atom. The molecular formula is C26H31F3N2O3S. The molecule has 0 spiro atoms. The molecule has 0 saturated carbocycles. The number of carbonyl (C=O) groups is 1. The van der Waals surface area contributed by atoms with Crippen molar-refractivity contribution in [3.05, 3.63) is 58.0 Å². The van der Waals surface area contributed by atoms with Gasteiger partial charge in [0.15, 0.2) is 11.5 Å². The van der Waals surface area contributed by atoms with E-state index in [2.05, 4.69) is 43.1 Å². The van der Waals surface area contributed by atoms with Crippen LogP contribution in [0.3, 0.4) is 0 Å². The monoisotopic (exact) mass is 508 g/mol. The summed E-state index contributed by atoms with van der Waals surface area (Å²) in [5, 5.41) is 6.67. The first-order valence-electron chi connectivity index (χ1n) is 11.7. The summed E-state index contributed by atoms with van der Waals surface area (Å²) in [6.45, 7) is 8.09. The fraction of sp³-hybridized carbons (Fsp3) is 0.500. The molecule has 0 aliphatic heterocycles. The second-order valence-electron chi connectivity index (χ2n) is 9.00. The van der Waals surface area contributed by atoms with Crippen LogP contribution in [0.2, 0.25) is 0 Å². The van der Waals surface area contributed by atoms with E-state index in [9.17, 15) is 22.5 Å². The smallest absolute Gasteiger partial charge is 0.435 e. The van der Waals surface area contributed by atoms with Crippen LogP contribution in [0.1, 0.15) is 61.6 Å². The molecule has 0 N–H and O–H groups in total. The molecule has 1 aliphatic rings. The summed E-state index contributed by atoms with van der Waals surface area (Å²) >= 11 is -1.64. The summed E-state index contributed by atoms with van der Waals surface area (Å²) in [7, 11) is 1.57. The molecule has 1 aromatic heterocycles. The average Bonchev–Trinajstić information content (AvgIpc) is 2.82. The van der Waals surface area contributed by atoms with E-state index in [1.165, 1.54) is 0 Å². The summed E-state index contributed by atoms with van der Waals surface area (Å²) in [6, 6.07) is 6.11. The number of rotatable bonds is 8. The van der Waals surface area contributed by atoms with Crippen LogP contribution in [-0.4, -0.2) is 33.4 Å². The van der Waals surface area contributed by atoms with Gasteiger partial charge in [-0.05, 0) is 48.4 Å². The maximum Gasteiger partial charge on any atom is 0.435 e. The van der Waals surface area contributed by atoms with Gasteiger partial charge in [0.25, 0.3) is 5.03 Å². The summed E-state index contributed by atoms with van der Waals surface area (Å²) in [5.41, 5.74) is 3.88. The number of hydrogen-bond donors (Lipinski definition) is 0. The first-order valence-corrected chi connectivity index (χ1v) is 13.0. The third-order valence-electron chi connectivity index (χ3n) is 6.54. The average molecular weight is 509 g/mol. The second-order valence-corrected chi connectivity index (χ2v) is 10.4. The minimum atomic E-state index is -4.60. The van der Waals surface area contributed by atoms with Gasteiger partial charge >= 0.3 is 6.18 Å². The fourth-order valence-corrected chi connectivity index (χ4v) is 5.92.